The molecule has 3 aromatic carbocycles. The van der Waals surface area contributed by atoms with E-state index in [9.17, 15) is 14.7 Å². The predicted molar refractivity (Wildman–Crippen MR) is 125 cm³/mol. The van der Waals surface area contributed by atoms with Crippen molar-refractivity contribution < 1.29 is 24.2 Å². The number of aromatic hydroxyl groups is 1. The first kappa shape index (κ1) is 21.8. The third-order valence-corrected chi connectivity index (χ3v) is 5.95. The van der Waals surface area contributed by atoms with Crippen molar-refractivity contribution in [3.05, 3.63) is 87.8 Å². The Kier molecular flexibility index (Phi) is 6.39. The number of halogens is 1. The van der Waals surface area contributed by atoms with Crippen LogP contribution >= 0.6 is 23.4 Å². The maximum atomic E-state index is 12.8. The van der Waals surface area contributed by atoms with Gasteiger partial charge in [-0.2, -0.15) is 0 Å². The molecule has 1 saturated heterocycles. The molecule has 0 spiro atoms. The number of imide groups is 1. The zero-order chi connectivity index (χ0) is 22.7. The number of nitrogens with zero attached hydrogens (tertiary/aromatic N) is 1. The lowest BCUT2D eigenvalue weighted by atomic mass is 10.1. The van der Waals surface area contributed by atoms with Crippen LogP contribution in [0.4, 0.5) is 10.5 Å². The first-order valence-corrected chi connectivity index (χ1v) is 10.8. The highest BCUT2D eigenvalue weighted by atomic mass is 35.5. The van der Waals surface area contributed by atoms with E-state index in [0.717, 1.165) is 22.2 Å². The van der Waals surface area contributed by atoms with E-state index in [4.69, 9.17) is 21.1 Å². The van der Waals surface area contributed by atoms with Crippen LogP contribution in [0.3, 0.4) is 0 Å². The minimum Gasteiger partial charge on any atom is -0.508 e. The summed E-state index contributed by atoms with van der Waals surface area (Å²) in [7, 11) is 1.53. The second-order valence-corrected chi connectivity index (χ2v) is 8.23. The Morgan fingerprint density at radius 3 is 2.59 bits per heavy atom. The second-order valence-electron chi connectivity index (χ2n) is 6.83. The summed E-state index contributed by atoms with van der Waals surface area (Å²) in [5, 5.41) is 9.84. The molecule has 0 aliphatic carbocycles. The third-order valence-electron chi connectivity index (χ3n) is 4.71. The number of hydrogen-bond donors (Lipinski definition) is 1. The minimum atomic E-state index is -0.455. The van der Waals surface area contributed by atoms with Crippen molar-refractivity contribution in [1.29, 1.82) is 0 Å². The average molecular weight is 468 g/mol. The van der Waals surface area contributed by atoms with Gasteiger partial charge in [-0.15, -0.1) is 0 Å². The van der Waals surface area contributed by atoms with E-state index in [1.54, 1.807) is 42.5 Å². The Hall–Kier alpha value is -3.42. The molecule has 162 valence electrons. The monoisotopic (exact) mass is 467 g/mol. The van der Waals surface area contributed by atoms with E-state index in [1.807, 2.05) is 18.2 Å². The van der Waals surface area contributed by atoms with Crippen molar-refractivity contribution in [2.45, 2.75) is 6.61 Å². The van der Waals surface area contributed by atoms with Gasteiger partial charge in [0.25, 0.3) is 11.1 Å². The Morgan fingerprint density at radius 2 is 1.84 bits per heavy atom. The molecule has 0 unspecified atom stereocenters. The number of amides is 2. The SMILES string of the molecule is COc1cc(C=C2SC(=O)N(c3cccc(O)c3)C2=O)ccc1OCc1ccccc1Cl. The zero-order valence-corrected chi connectivity index (χ0v) is 18.5. The largest absolute Gasteiger partial charge is 0.508 e. The Bertz CT molecular complexity index is 1230. The number of carbonyl (C=O) groups excluding carboxylic acids is 2. The molecule has 0 aromatic heterocycles. The average Bonchev–Trinajstić information content (AvgIpc) is 3.06. The van der Waals surface area contributed by atoms with Gasteiger partial charge in [0, 0.05) is 16.7 Å². The predicted octanol–water partition coefficient (Wildman–Crippen LogP) is 5.87. The molecule has 4 rings (SSSR count). The highest BCUT2D eigenvalue weighted by Gasteiger charge is 2.36. The fraction of sp³-hybridized carbons (Fsp3) is 0.0833. The lowest BCUT2D eigenvalue weighted by Crippen LogP contribution is -2.27. The fourth-order valence-corrected chi connectivity index (χ4v) is 4.17. The van der Waals surface area contributed by atoms with Crippen LogP contribution in [-0.4, -0.2) is 23.4 Å². The Labute approximate surface area is 194 Å². The quantitative estimate of drug-likeness (QED) is 0.456. The van der Waals surface area contributed by atoms with Gasteiger partial charge in [-0.25, -0.2) is 4.90 Å². The van der Waals surface area contributed by atoms with Crippen molar-refractivity contribution >= 4 is 46.3 Å². The van der Waals surface area contributed by atoms with Crippen molar-refractivity contribution in [3.63, 3.8) is 0 Å². The number of carbonyl (C=O) groups is 2. The standard InChI is InChI=1S/C24H18ClNO5S/c1-30-21-11-15(9-10-20(21)31-14-16-5-2-3-8-19(16)25)12-22-23(28)26(24(29)32-22)17-6-4-7-18(27)13-17/h2-13,27H,14H2,1H3. The molecular weight excluding hydrogens is 450 g/mol. The summed E-state index contributed by atoms with van der Waals surface area (Å²) < 4.78 is 11.3. The summed E-state index contributed by atoms with van der Waals surface area (Å²) in [4.78, 5) is 26.5. The Morgan fingerprint density at radius 1 is 1.03 bits per heavy atom. The van der Waals surface area contributed by atoms with Gasteiger partial charge in [0.15, 0.2) is 11.5 Å². The zero-order valence-electron chi connectivity index (χ0n) is 16.9. The molecule has 6 nitrogen and oxygen atoms in total. The second kappa shape index (κ2) is 9.38. The van der Waals surface area contributed by atoms with Crippen LogP contribution in [0, 0.1) is 0 Å². The van der Waals surface area contributed by atoms with E-state index in [-0.39, 0.29) is 17.3 Å². The molecule has 8 heteroatoms. The fourth-order valence-electron chi connectivity index (χ4n) is 3.14. The number of phenolic OH excluding ortho intramolecular Hbond substituents is 1. The molecule has 1 fully saturated rings. The van der Waals surface area contributed by atoms with Crippen LogP contribution in [0.1, 0.15) is 11.1 Å². The van der Waals surface area contributed by atoms with E-state index in [2.05, 4.69) is 0 Å². The van der Waals surface area contributed by atoms with Crippen LogP contribution in [0.25, 0.3) is 6.08 Å². The molecule has 0 saturated carbocycles. The van der Waals surface area contributed by atoms with Crippen molar-refractivity contribution in [2.75, 3.05) is 12.0 Å². The molecule has 1 N–H and O–H groups in total. The summed E-state index contributed by atoms with van der Waals surface area (Å²) >= 11 is 7.01. The maximum absolute atomic E-state index is 12.8. The molecule has 0 radical (unpaired) electrons. The van der Waals surface area contributed by atoms with E-state index >= 15 is 0 Å². The van der Waals surface area contributed by atoms with E-state index < -0.39 is 11.1 Å². The van der Waals surface area contributed by atoms with Gasteiger partial charge >= 0.3 is 0 Å². The molecule has 0 bridgehead atoms. The normalized spacial score (nSPS) is 14.8. The number of ether oxygens (including phenoxy) is 2. The van der Waals surface area contributed by atoms with Gasteiger partial charge in [0.05, 0.1) is 17.7 Å². The maximum Gasteiger partial charge on any atom is 0.298 e. The van der Waals surface area contributed by atoms with Gasteiger partial charge < -0.3 is 14.6 Å². The minimum absolute atomic E-state index is 0.0253. The molecule has 1 heterocycles. The van der Waals surface area contributed by atoms with Gasteiger partial charge in [0.1, 0.15) is 12.4 Å². The van der Waals surface area contributed by atoms with Crippen LogP contribution in [0.5, 0.6) is 17.2 Å². The van der Waals surface area contributed by atoms with Crippen molar-refractivity contribution in [2.24, 2.45) is 0 Å². The molecule has 0 atom stereocenters. The number of rotatable bonds is 6. The summed E-state index contributed by atoms with van der Waals surface area (Å²) in [5.74, 6) is 0.529. The number of benzene rings is 3. The number of hydrogen-bond acceptors (Lipinski definition) is 6. The van der Waals surface area contributed by atoms with Crippen LogP contribution in [0.2, 0.25) is 5.02 Å². The lowest BCUT2D eigenvalue weighted by molar-refractivity contribution is -0.113. The number of anilines is 1. The summed E-state index contributed by atoms with van der Waals surface area (Å²) in [6.07, 6.45) is 1.62. The molecule has 32 heavy (non-hydrogen) atoms. The molecule has 1 aliphatic rings. The molecule has 2 amide bonds. The van der Waals surface area contributed by atoms with Gasteiger partial charge in [-0.05, 0) is 53.7 Å². The number of thioether (sulfide) groups is 1. The summed E-state index contributed by atoms with van der Waals surface area (Å²) in [6, 6.07) is 18.6. The summed E-state index contributed by atoms with van der Waals surface area (Å²) in [6.45, 7) is 0.276. The van der Waals surface area contributed by atoms with Gasteiger partial charge in [0.2, 0.25) is 0 Å². The van der Waals surface area contributed by atoms with Gasteiger partial charge in [-0.3, -0.25) is 9.59 Å². The molecular formula is C24H18ClNO5S. The molecule has 1 aliphatic heterocycles. The topological polar surface area (TPSA) is 76.1 Å². The van der Waals surface area contributed by atoms with Crippen LogP contribution in [0.15, 0.2) is 71.6 Å². The van der Waals surface area contributed by atoms with E-state index in [0.29, 0.717) is 27.8 Å². The highest BCUT2D eigenvalue weighted by Crippen LogP contribution is 2.37. The highest BCUT2D eigenvalue weighted by molar-refractivity contribution is 8.19. The van der Waals surface area contributed by atoms with Crippen molar-refractivity contribution in [3.8, 4) is 17.2 Å². The van der Waals surface area contributed by atoms with Crippen molar-refractivity contribution in [1.82, 2.24) is 0 Å². The number of methoxy groups -OCH3 is 1. The smallest absolute Gasteiger partial charge is 0.298 e. The molecule has 3 aromatic rings. The first-order chi connectivity index (χ1) is 15.5. The van der Waals surface area contributed by atoms with Crippen LogP contribution in [-0.2, 0) is 11.4 Å². The first-order valence-electron chi connectivity index (χ1n) is 9.57. The third kappa shape index (κ3) is 4.59. The lowest BCUT2D eigenvalue weighted by Gasteiger charge is -2.13. The van der Waals surface area contributed by atoms with Gasteiger partial charge in [-0.1, -0.05) is 41.9 Å². The Balaban J connectivity index is 1.54. The van der Waals surface area contributed by atoms with Crippen LogP contribution < -0.4 is 14.4 Å². The summed E-state index contributed by atoms with van der Waals surface area (Å²) in [5.41, 5.74) is 1.84. The van der Waals surface area contributed by atoms with E-state index in [1.165, 1.54) is 19.2 Å². The number of phenols is 1.